The maximum absolute atomic E-state index is 11.4. The Morgan fingerprint density at radius 3 is 2.81 bits per heavy atom. The van der Waals surface area contributed by atoms with E-state index in [1.165, 1.54) is 12.7 Å². The first-order chi connectivity index (χ1) is 7.75. The van der Waals surface area contributed by atoms with Gasteiger partial charge in [-0.2, -0.15) is 0 Å². The van der Waals surface area contributed by atoms with Gasteiger partial charge < -0.3 is 0 Å². The van der Waals surface area contributed by atoms with Crippen LogP contribution < -0.4 is 0 Å². The molecule has 0 N–H and O–H groups in total. The summed E-state index contributed by atoms with van der Waals surface area (Å²) in [4.78, 5) is 18.7. The summed E-state index contributed by atoms with van der Waals surface area (Å²) in [5.41, 5.74) is 0. The van der Waals surface area contributed by atoms with Gasteiger partial charge in [-0.1, -0.05) is 0 Å². The van der Waals surface area contributed by atoms with E-state index in [0.29, 0.717) is 22.5 Å². The van der Waals surface area contributed by atoms with Gasteiger partial charge in [-0.3, -0.25) is 4.21 Å². The molecule has 0 spiro atoms. The molecule has 0 aromatic rings. The summed E-state index contributed by atoms with van der Waals surface area (Å²) >= 11 is 0. The van der Waals surface area contributed by atoms with Gasteiger partial charge in [0, 0.05) is 11.2 Å². The highest BCUT2D eigenvalue weighted by Crippen LogP contribution is 2.23. The molecule has 3 aliphatic heterocycles. The minimum atomic E-state index is -1.06. The molecular formula is C9H7N5OS. The van der Waals surface area contributed by atoms with Crippen molar-refractivity contribution in [2.75, 3.05) is 6.26 Å². The summed E-state index contributed by atoms with van der Waals surface area (Å²) in [6.07, 6.45) is 7.98. The van der Waals surface area contributed by atoms with Crippen LogP contribution in [-0.4, -0.2) is 39.8 Å². The van der Waals surface area contributed by atoms with E-state index in [1.807, 2.05) is 0 Å². The van der Waals surface area contributed by atoms with Crippen LogP contribution in [0, 0.1) is 0 Å². The zero-order valence-corrected chi connectivity index (χ0v) is 9.18. The number of hydrogen-bond acceptors (Lipinski definition) is 6. The van der Waals surface area contributed by atoms with Crippen LogP contribution in [0.3, 0.4) is 0 Å². The quantitative estimate of drug-likeness (QED) is 0.651. The Kier molecular flexibility index (Phi) is 1.93. The molecule has 16 heavy (non-hydrogen) atoms. The van der Waals surface area contributed by atoms with E-state index in [0.717, 1.165) is 0 Å². The van der Waals surface area contributed by atoms with E-state index in [9.17, 15) is 4.21 Å². The van der Waals surface area contributed by atoms with Crippen LogP contribution in [0.5, 0.6) is 0 Å². The molecule has 0 aliphatic carbocycles. The molecule has 3 rings (SSSR count). The van der Waals surface area contributed by atoms with Crippen molar-refractivity contribution in [2.45, 2.75) is 0 Å². The largest absolute Gasteiger partial charge is 0.255 e. The zero-order valence-electron chi connectivity index (χ0n) is 8.36. The smallest absolute Gasteiger partial charge is 0.240 e. The lowest BCUT2D eigenvalue weighted by Crippen LogP contribution is -2.39. The van der Waals surface area contributed by atoms with Gasteiger partial charge in [0.05, 0.1) is 10.8 Å². The molecule has 0 saturated heterocycles. The van der Waals surface area contributed by atoms with E-state index in [1.54, 1.807) is 23.3 Å². The van der Waals surface area contributed by atoms with E-state index >= 15 is 0 Å². The highest BCUT2D eigenvalue weighted by atomic mass is 32.2. The molecule has 0 fully saturated rings. The lowest BCUT2D eigenvalue weighted by Gasteiger charge is -2.29. The van der Waals surface area contributed by atoms with Crippen LogP contribution in [0.1, 0.15) is 0 Å². The van der Waals surface area contributed by atoms with E-state index < -0.39 is 10.8 Å². The van der Waals surface area contributed by atoms with Crippen LogP contribution in [0.15, 0.2) is 42.8 Å². The first-order valence-electron chi connectivity index (χ1n) is 4.53. The lowest BCUT2D eigenvalue weighted by molar-refractivity contribution is 0.688. The summed E-state index contributed by atoms with van der Waals surface area (Å²) in [6, 6.07) is 0. The number of nitrogens with zero attached hydrogens (tertiary/aromatic N) is 5. The SMILES string of the molecule is CS(=O)C1=CC2=NC=NC3=NC=NC(=C1)N23. The minimum Gasteiger partial charge on any atom is -0.255 e. The molecule has 1 unspecified atom stereocenters. The van der Waals surface area contributed by atoms with Crippen molar-refractivity contribution in [3.63, 3.8) is 0 Å². The lowest BCUT2D eigenvalue weighted by atomic mass is 10.3. The Balaban J connectivity index is 2.18. The predicted molar refractivity (Wildman–Crippen MR) is 63.9 cm³/mol. The third kappa shape index (κ3) is 1.28. The Bertz CT molecular complexity index is 564. The molecule has 3 aliphatic rings. The average Bonchev–Trinajstić information content (AvgIpc) is 2.29. The van der Waals surface area contributed by atoms with Crippen LogP contribution in [0.25, 0.3) is 0 Å². The second-order valence-corrected chi connectivity index (χ2v) is 4.62. The van der Waals surface area contributed by atoms with Crippen molar-refractivity contribution < 1.29 is 4.21 Å². The highest BCUT2D eigenvalue weighted by Gasteiger charge is 2.28. The van der Waals surface area contributed by atoms with Crippen LogP contribution in [0.2, 0.25) is 0 Å². The molecule has 0 radical (unpaired) electrons. The zero-order chi connectivity index (χ0) is 11.1. The number of allylic oxidation sites excluding steroid dienone is 1. The minimum absolute atomic E-state index is 0.531. The van der Waals surface area contributed by atoms with Crippen LogP contribution >= 0.6 is 0 Å². The van der Waals surface area contributed by atoms with Crippen molar-refractivity contribution in [3.05, 3.63) is 22.9 Å². The first kappa shape index (κ1) is 9.34. The Morgan fingerprint density at radius 1 is 1.19 bits per heavy atom. The molecular weight excluding hydrogens is 226 g/mol. The summed E-state index contributed by atoms with van der Waals surface area (Å²) < 4.78 is 11.4. The second-order valence-electron chi connectivity index (χ2n) is 3.24. The fourth-order valence-corrected chi connectivity index (χ4v) is 2.07. The van der Waals surface area contributed by atoms with E-state index in [4.69, 9.17) is 0 Å². The molecule has 3 heterocycles. The Morgan fingerprint density at radius 2 is 2.00 bits per heavy atom. The Hall–Kier alpha value is -1.89. The van der Waals surface area contributed by atoms with Gasteiger partial charge >= 0.3 is 0 Å². The van der Waals surface area contributed by atoms with Crippen molar-refractivity contribution >= 4 is 35.3 Å². The topological polar surface area (TPSA) is 69.7 Å². The highest BCUT2D eigenvalue weighted by molar-refractivity contribution is 7.88. The number of amidine groups is 1. The molecule has 1 atom stereocenters. The fraction of sp³-hybridized carbons (Fsp3) is 0.111. The van der Waals surface area contributed by atoms with Gasteiger partial charge in [0.2, 0.25) is 5.96 Å². The molecule has 80 valence electrons. The van der Waals surface area contributed by atoms with Gasteiger partial charge in [-0.25, -0.2) is 24.9 Å². The van der Waals surface area contributed by atoms with Gasteiger partial charge in [-0.05, 0) is 12.2 Å². The third-order valence-electron chi connectivity index (χ3n) is 2.26. The van der Waals surface area contributed by atoms with Crippen LogP contribution in [-0.2, 0) is 10.8 Å². The van der Waals surface area contributed by atoms with E-state index in [-0.39, 0.29) is 0 Å². The monoisotopic (exact) mass is 233 g/mol. The maximum Gasteiger partial charge on any atom is 0.240 e. The first-order valence-corrected chi connectivity index (χ1v) is 6.09. The summed E-state index contributed by atoms with van der Waals surface area (Å²) in [5.74, 6) is 1.82. The second kappa shape index (κ2) is 3.31. The predicted octanol–water partition coefficient (Wildman–Crippen LogP) is 0.244. The molecule has 7 heteroatoms. The number of rotatable bonds is 1. The van der Waals surface area contributed by atoms with Crippen molar-refractivity contribution in [2.24, 2.45) is 20.0 Å². The van der Waals surface area contributed by atoms with E-state index in [2.05, 4.69) is 20.0 Å². The molecule has 0 aromatic heterocycles. The van der Waals surface area contributed by atoms with Gasteiger partial charge in [0.25, 0.3) is 0 Å². The Labute approximate surface area is 94.0 Å². The van der Waals surface area contributed by atoms with Gasteiger partial charge in [-0.15, -0.1) is 0 Å². The summed E-state index contributed by atoms with van der Waals surface area (Å²) in [6.45, 7) is 0. The van der Waals surface area contributed by atoms with Crippen molar-refractivity contribution in [1.29, 1.82) is 0 Å². The van der Waals surface area contributed by atoms with Crippen molar-refractivity contribution in [1.82, 2.24) is 4.90 Å². The molecule has 0 bridgehead atoms. The number of aliphatic imine (C=N–C) groups is 4. The fourth-order valence-electron chi connectivity index (χ4n) is 1.53. The third-order valence-corrected chi connectivity index (χ3v) is 3.16. The van der Waals surface area contributed by atoms with Crippen LogP contribution in [0.4, 0.5) is 0 Å². The molecule has 6 nitrogen and oxygen atoms in total. The van der Waals surface area contributed by atoms with Gasteiger partial charge in [0.1, 0.15) is 24.3 Å². The molecule has 0 amide bonds. The summed E-state index contributed by atoms with van der Waals surface area (Å²) in [5, 5.41) is 0. The normalized spacial score (nSPS) is 22.9. The summed E-state index contributed by atoms with van der Waals surface area (Å²) in [7, 11) is -1.06. The van der Waals surface area contributed by atoms with Crippen molar-refractivity contribution in [3.8, 4) is 0 Å². The average molecular weight is 233 g/mol. The van der Waals surface area contributed by atoms with Gasteiger partial charge in [0.15, 0.2) is 0 Å². The standard InChI is InChI=1S/C9H7N5OS/c1-16(15)6-2-7-10-4-12-9-13-5-11-8(3-6)14(7)9/h2-5H,1H3. The molecule has 0 aromatic carbocycles. The maximum atomic E-state index is 11.4. The number of guanidine groups is 1. The molecule has 0 saturated carbocycles. The number of hydrogen-bond donors (Lipinski definition) is 0.